The van der Waals surface area contributed by atoms with Gasteiger partial charge in [-0.3, -0.25) is 0 Å². The van der Waals surface area contributed by atoms with Crippen molar-refractivity contribution in [2.24, 2.45) is 0 Å². The van der Waals surface area contributed by atoms with Crippen LogP contribution in [0.25, 0.3) is 0 Å². The molecular formula is C19H36O8. The third kappa shape index (κ3) is 22.9. The number of rotatable bonds is 19. The third-order valence-corrected chi connectivity index (χ3v) is 3.02. The lowest BCUT2D eigenvalue weighted by Crippen LogP contribution is -2.27. The van der Waals surface area contributed by atoms with Crippen LogP contribution < -0.4 is 0 Å². The number of unbranched alkanes of at least 4 members (excludes halogenated alkanes) is 2. The molecule has 0 unspecified atom stereocenters. The normalized spacial score (nSPS) is 11.5. The molecule has 0 aliphatic rings. The molecule has 0 N–H and O–H groups in total. The topological polar surface area (TPSA) is 89.5 Å². The summed E-state index contributed by atoms with van der Waals surface area (Å²) in [4.78, 5) is 21.4. The fraction of sp³-hybridized carbons (Fsp3) is 0.895. The Morgan fingerprint density at radius 3 is 1.70 bits per heavy atom. The molecule has 0 aromatic carbocycles. The molecule has 27 heavy (non-hydrogen) atoms. The lowest BCUT2D eigenvalue weighted by Gasteiger charge is -2.19. The van der Waals surface area contributed by atoms with Gasteiger partial charge in [0.1, 0.15) is 25.1 Å². The second kappa shape index (κ2) is 18.3. The molecule has 0 spiro atoms. The van der Waals surface area contributed by atoms with E-state index in [1.807, 2.05) is 20.8 Å². The summed E-state index contributed by atoms with van der Waals surface area (Å²) in [6, 6.07) is 0. The predicted molar refractivity (Wildman–Crippen MR) is 99.9 cm³/mol. The second-order valence-corrected chi connectivity index (χ2v) is 6.78. The van der Waals surface area contributed by atoms with Crippen LogP contribution in [0.3, 0.4) is 0 Å². The van der Waals surface area contributed by atoms with Crippen LogP contribution in [-0.4, -0.2) is 83.9 Å². The van der Waals surface area contributed by atoms with Gasteiger partial charge in [0.2, 0.25) is 0 Å². The number of ether oxygens (including phenoxy) is 6. The summed E-state index contributed by atoms with van der Waals surface area (Å²) >= 11 is 0. The molecule has 0 saturated carbocycles. The van der Waals surface area contributed by atoms with E-state index in [1.165, 1.54) is 0 Å². The van der Waals surface area contributed by atoms with Crippen LogP contribution >= 0.6 is 0 Å². The second-order valence-electron chi connectivity index (χ2n) is 6.78. The van der Waals surface area contributed by atoms with Crippen molar-refractivity contribution in [2.75, 3.05) is 66.1 Å². The molecule has 0 aromatic heterocycles. The van der Waals surface area contributed by atoms with Gasteiger partial charge in [0.25, 0.3) is 0 Å². The van der Waals surface area contributed by atoms with Gasteiger partial charge in [0.15, 0.2) is 0 Å². The van der Waals surface area contributed by atoms with Gasteiger partial charge in [-0.1, -0.05) is 0 Å². The van der Waals surface area contributed by atoms with Gasteiger partial charge in [0, 0.05) is 13.2 Å². The van der Waals surface area contributed by atoms with E-state index in [2.05, 4.69) is 0 Å². The molecular weight excluding hydrogens is 356 g/mol. The Hall–Kier alpha value is -1.06. The zero-order chi connectivity index (χ0) is 20.2. The summed E-state index contributed by atoms with van der Waals surface area (Å²) in [5, 5.41) is 0. The van der Waals surface area contributed by atoms with Gasteiger partial charge in [-0.05, 0) is 40.0 Å². The molecule has 0 amide bonds. The maximum Gasteiger partial charge on any atom is 0.332 e. The summed E-state index contributed by atoms with van der Waals surface area (Å²) in [6.45, 7) is 9.65. The highest BCUT2D eigenvalue weighted by atomic mass is 16.6. The van der Waals surface area contributed by atoms with Gasteiger partial charge in [0.05, 0.1) is 39.6 Å². The Labute approximate surface area is 162 Å². The first-order valence-electron chi connectivity index (χ1n) is 9.50. The molecule has 0 heterocycles. The zero-order valence-corrected chi connectivity index (χ0v) is 17.0. The Morgan fingerprint density at radius 1 is 0.704 bits per heavy atom. The van der Waals surface area contributed by atoms with Crippen LogP contribution in [0, 0.1) is 0 Å². The molecule has 0 radical (unpaired) electrons. The number of hydrogen-bond acceptors (Lipinski definition) is 8. The lowest BCUT2D eigenvalue weighted by atomic mass is 10.2. The van der Waals surface area contributed by atoms with E-state index in [-0.39, 0.29) is 19.2 Å². The predicted octanol–water partition coefficient (Wildman–Crippen LogP) is 1.78. The number of esters is 1. The Morgan fingerprint density at radius 2 is 1.19 bits per heavy atom. The van der Waals surface area contributed by atoms with Crippen LogP contribution in [0.5, 0.6) is 0 Å². The highest BCUT2D eigenvalue weighted by molar-refractivity contribution is 5.71. The van der Waals surface area contributed by atoms with Crippen LogP contribution in [0.15, 0.2) is 0 Å². The summed E-state index contributed by atoms with van der Waals surface area (Å²) in [7, 11) is 0. The van der Waals surface area contributed by atoms with Crippen molar-refractivity contribution in [1.82, 2.24) is 0 Å². The molecule has 0 rings (SSSR count). The zero-order valence-electron chi connectivity index (χ0n) is 17.0. The molecule has 0 bridgehead atoms. The fourth-order valence-electron chi connectivity index (χ4n) is 1.90. The summed E-state index contributed by atoms with van der Waals surface area (Å²) in [5.74, 6) is -0.378. The van der Waals surface area contributed by atoms with Gasteiger partial charge in [-0.25, -0.2) is 4.79 Å². The molecule has 0 aromatic rings. The molecule has 8 nitrogen and oxygen atoms in total. The molecule has 0 fully saturated rings. The van der Waals surface area contributed by atoms with Gasteiger partial charge < -0.3 is 33.2 Å². The van der Waals surface area contributed by atoms with E-state index in [4.69, 9.17) is 28.4 Å². The molecule has 0 aliphatic carbocycles. The monoisotopic (exact) mass is 392 g/mol. The standard InChI is InChI=1S/C19H36O8/c1-19(2,3)27-18(21)17-26-16-15-25-14-13-24-12-11-23-9-6-4-5-8-22-10-7-20/h7H,4-6,8-17H2,1-3H3. The van der Waals surface area contributed by atoms with Crippen molar-refractivity contribution < 1.29 is 38.0 Å². The lowest BCUT2D eigenvalue weighted by molar-refractivity contribution is -0.160. The first-order valence-corrected chi connectivity index (χ1v) is 9.50. The number of aldehydes is 1. The van der Waals surface area contributed by atoms with E-state index in [1.54, 1.807) is 0 Å². The maximum atomic E-state index is 11.4. The highest BCUT2D eigenvalue weighted by Crippen LogP contribution is 2.06. The van der Waals surface area contributed by atoms with Crippen LogP contribution in [0.4, 0.5) is 0 Å². The van der Waals surface area contributed by atoms with Crippen LogP contribution in [0.1, 0.15) is 40.0 Å². The van der Waals surface area contributed by atoms with Gasteiger partial charge in [-0.15, -0.1) is 0 Å². The van der Waals surface area contributed by atoms with Crippen molar-refractivity contribution in [3.63, 3.8) is 0 Å². The smallest absolute Gasteiger partial charge is 0.332 e. The van der Waals surface area contributed by atoms with E-state index in [0.717, 1.165) is 25.5 Å². The van der Waals surface area contributed by atoms with E-state index < -0.39 is 5.60 Å². The number of hydrogen-bond donors (Lipinski definition) is 0. The third-order valence-electron chi connectivity index (χ3n) is 3.02. The quantitative estimate of drug-likeness (QED) is 0.187. The van der Waals surface area contributed by atoms with E-state index in [0.29, 0.717) is 52.9 Å². The summed E-state index contributed by atoms with van der Waals surface area (Å²) in [5.41, 5.74) is -0.495. The number of carbonyl (C=O) groups excluding carboxylic acids is 2. The first kappa shape index (κ1) is 25.9. The minimum absolute atomic E-state index is 0.0692. The molecule has 8 heteroatoms. The Bertz CT molecular complexity index is 354. The first-order chi connectivity index (χ1) is 13.0. The minimum Gasteiger partial charge on any atom is -0.458 e. The molecule has 160 valence electrons. The molecule has 0 saturated heterocycles. The fourth-order valence-corrected chi connectivity index (χ4v) is 1.90. The summed E-state index contributed by atoms with van der Waals surface area (Å²) < 4.78 is 31.5. The SMILES string of the molecule is CC(C)(C)OC(=O)COCCOCCOCCOCCCCCOCC=O. The van der Waals surface area contributed by atoms with Crippen LogP contribution in [0.2, 0.25) is 0 Å². The average Bonchev–Trinajstić information content (AvgIpc) is 2.59. The van der Waals surface area contributed by atoms with Gasteiger partial charge in [-0.2, -0.15) is 0 Å². The van der Waals surface area contributed by atoms with E-state index >= 15 is 0 Å². The van der Waals surface area contributed by atoms with Crippen LogP contribution in [-0.2, 0) is 38.0 Å². The molecule has 0 atom stereocenters. The minimum atomic E-state index is -0.495. The maximum absolute atomic E-state index is 11.4. The van der Waals surface area contributed by atoms with Crippen molar-refractivity contribution in [1.29, 1.82) is 0 Å². The van der Waals surface area contributed by atoms with Crippen molar-refractivity contribution in [3.05, 3.63) is 0 Å². The van der Waals surface area contributed by atoms with Crippen molar-refractivity contribution in [2.45, 2.75) is 45.6 Å². The Kier molecular flexibility index (Phi) is 17.6. The average molecular weight is 392 g/mol. The largest absolute Gasteiger partial charge is 0.458 e. The van der Waals surface area contributed by atoms with E-state index in [9.17, 15) is 9.59 Å². The van der Waals surface area contributed by atoms with Crippen molar-refractivity contribution in [3.8, 4) is 0 Å². The van der Waals surface area contributed by atoms with Crippen molar-refractivity contribution >= 4 is 12.3 Å². The molecule has 0 aliphatic heterocycles. The van der Waals surface area contributed by atoms with Gasteiger partial charge >= 0.3 is 5.97 Å². The highest BCUT2D eigenvalue weighted by Gasteiger charge is 2.15. The summed E-state index contributed by atoms with van der Waals surface area (Å²) in [6.07, 6.45) is 3.68. The number of carbonyl (C=O) groups is 2. The Balaban J connectivity index is 3.13.